The minimum Gasteiger partial charge on any atom is -0.298 e. The predicted octanol–water partition coefficient (Wildman–Crippen LogP) is 3.31. The van der Waals surface area contributed by atoms with Gasteiger partial charge in [0.1, 0.15) is 5.82 Å². The molecule has 1 nitrogen and oxygen atoms in total. The van der Waals surface area contributed by atoms with E-state index in [1.807, 2.05) is 0 Å². The van der Waals surface area contributed by atoms with Crippen molar-refractivity contribution in [3.8, 4) is 0 Å². The lowest BCUT2D eigenvalue weighted by Crippen LogP contribution is -2.46. The number of rotatable bonds is 3. The number of likely N-dealkylation sites (tertiary alicyclic amines) is 1. The number of nitrogens with zero attached hydrogens (tertiary/aromatic N) is 1. The van der Waals surface area contributed by atoms with Crippen molar-refractivity contribution in [3.63, 3.8) is 0 Å². The third-order valence-electron chi connectivity index (χ3n) is 2.65. The Morgan fingerprint density at radius 1 is 1.47 bits per heavy atom. The lowest BCUT2D eigenvalue weighted by Gasteiger charge is -2.38. The molecule has 0 atom stereocenters. The molecule has 0 aliphatic carbocycles. The molecule has 4 heteroatoms. The van der Waals surface area contributed by atoms with Crippen LogP contribution < -0.4 is 0 Å². The van der Waals surface area contributed by atoms with Crippen LogP contribution in [0.3, 0.4) is 0 Å². The normalized spacial score (nSPS) is 17.8. The molecule has 1 aliphatic heterocycles. The van der Waals surface area contributed by atoms with Crippen LogP contribution in [0, 0.1) is 11.7 Å². The van der Waals surface area contributed by atoms with Crippen LogP contribution in [-0.2, 0) is 6.54 Å². The summed E-state index contributed by atoms with van der Waals surface area (Å²) >= 11 is 9.44. The van der Waals surface area contributed by atoms with Gasteiger partial charge in [-0.05, 0) is 29.7 Å². The minimum atomic E-state index is -0.216. The third kappa shape index (κ3) is 2.71. The first-order valence-electron chi connectivity index (χ1n) is 4.91. The number of hydrogen-bond acceptors (Lipinski definition) is 1. The standard InChI is InChI=1S/C11H12BrClFN/c12-4-8-5-15(6-8)7-9-3-10(14)1-2-11(9)13/h1-3,8H,4-7H2. The highest BCUT2D eigenvalue weighted by Gasteiger charge is 2.25. The lowest BCUT2D eigenvalue weighted by molar-refractivity contribution is 0.108. The van der Waals surface area contributed by atoms with Gasteiger partial charge in [-0.25, -0.2) is 4.39 Å². The maximum absolute atomic E-state index is 13.0. The molecule has 0 amide bonds. The predicted molar refractivity (Wildman–Crippen MR) is 64.0 cm³/mol. The molecular weight excluding hydrogens is 280 g/mol. The van der Waals surface area contributed by atoms with Crippen LogP contribution >= 0.6 is 27.5 Å². The molecule has 1 aromatic rings. The molecule has 0 aromatic heterocycles. The summed E-state index contributed by atoms with van der Waals surface area (Å²) in [5, 5.41) is 1.69. The molecule has 1 saturated heterocycles. The largest absolute Gasteiger partial charge is 0.298 e. The van der Waals surface area contributed by atoms with E-state index in [0.717, 1.165) is 36.4 Å². The zero-order chi connectivity index (χ0) is 10.8. The highest BCUT2D eigenvalue weighted by atomic mass is 79.9. The fourth-order valence-electron chi connectivity index (χ4n) is 1.81. The SMILES string of the molecule is Fc1ccc(Cl)c(CN2CC(CBr)C2)c1. The maximum Gasteiger partial charge on any atom is 0.123 e. The van der Waals surface area contributed by atoms with Gasteiger partial charge >= 0.3 is 0 Å². The molecule has 0 radical (unpaired) electrons. The molecule has 0 spiro atoms. The van der Waals surface area contributed by atoms with Gasteiger partial charge in [0.25, 0.3) is 0 Å². The van der Waals surface area contributed by atoms with E-state index in [1.54, 1.807) is 6.07 Å². The topological polar surface area (TPSA) is 3.24 Å². The van der Waals surface area contributed by atoms with E-state index in [2.05, 4.69) is 20.8 Å². The van der Waals surface area contributed by atoms with E-state index < -0.39 is 0 Å². The van der Waals surface area contributed by atoms with Crippen molar-refractivity contribution in [2.45, 2.75) is 6.54 Å². The molecule has 1 aliphatic rings. The summed E-state index contributed by atoms with van der Waals surface area (Å²) in [6.07, 6.45) is 0. The molecule has 82 valence electrons. The van der Waals surface area contributed by atoms with Crippen LogP contribution in [0.15, 0.2) is 18.2 Å². The molecule has 0 bridgehead atoms. The van der Waals surface area contributed by atoms with Gasteiger partial charge in [-0.15, -0.1) is 0 Å². The fourth-order valence-corrected chi connectivity index (χ4v) is 2.40. The van der Waals surface area contributed by atoms with Gasteiger partial charge in [0.05, 0.1) is 0 Å². The van der Waals surface area contributed by atoms with Crippen LogP contribution in [0.1, 0.15) is 5.56 Å². The Bertz CT molecular complexity index is 352. The zero-order valence-electron chi connectivity index (χ0n) is 8.22. The van der Waals surface area contributed by atoms with E-state index in [9.17, 15) is 4.39 Å². The first kappa shape index (κ1) is 11.4. The summed E-state index contributed by atoms with van der Waals surface area (Å²) in [7, 11) is 0. The highest BCUT2D eigenvalue weighted by molar-refractivity contribution is 9.09. The Hall–Kier alpha value is -0.120. The van der Waals surface area contributed by atoms with Gasteiger partial charge in [-0.1, -0.05) is 27.5 Å². The van der Waals surface area contributed by atoms with E-state index in [-0.39, 0.29) is 5.82 Å². The summed E-state index contributed by atoms with van der Waals surface area (Å²) in [6.45, 7) is 2.89. The van der Waals surface area contributed by atoms with Crippen molar-refractivity contribution in [3.05, 3.63) is 34.6 Å². The van der Waals surface area contributed by atoms with Crippen molar-refractivity contribution >= 4 is 27.5 Å². The second-order valence-electron chi connectivity index (χ2n) is 3.95. The Morgan fingerprint density at radius 3 is 2.87 bits per heavy atom. The quantitative estimate of drug-likeness (QED) is 0.773. The molecule has 1 heterocycles. The summed E-state index contributed by atoms with van der Waals surface area (Å²) < 4.78 is 13.0. The fraction of sp³-hybridized carbons (Fsp3) is 0.455. The molecular formula is C11H12BrClFN. The van der Waals surface area contributed by atoms with Crippen LogP contribution in [0.2, 0.25) is 5.02 Å². The van der Waals surface area contributed by atoms with E-state index >= 15 is 0 Å². The molecule has 0 unspecified atom stereocenters. The molecule has 0 saturated carbocycles. The van der Waals surface area contributed by atoms with E-state index in [4.69, 9.17) is 11.6 Å². The molecule has 1 fully saturated rings. The average Bonchev–Trinajstić information content (AvgIpc) is 2.16. The number of benzene rings is 1. The molecule has 1 aromatic carbocycles. The van der Waals surface area contributed by atoms with Gasteiger partial charge in [0.2, 0.25) is 0 Å². The van der Waals surface area contributed by atoms with Crippen molar-refractivity contribution in [1.82, 2.24) is 4.90 Å². The van der Waals surface area contributed by atoms with Gasteiger partial charge in [0, 0.05) is 30.0 Å². The van der Waals surface area contributed by atoms with Gasteiger partial charge in [-0.2, -0.15) is 0 Å². The summed E-state index contributed by atoms with van der Waals surface area (Å²) in [4.78, 5) is 2.27. The third-order valence-corrected chi connectivity index (χ3v) is 3.94. The van der Waals surface area contributed by atoms with Crippen molar-refractivity contribution in [2.24, 2.45) is 5.92 Å². The van der Waals surface area contributed by atoms with E-state index in [0.29, 0.717) is 5.02 Å². The highest BCUT2D eigenvalue weighted by Crippen LogP contribution is 2.24. The van der Waals surface area contributed by atoms with Crippen LogP contribution in [-0.4, -0.2) is 23.3 Å². The van der Waals surface area contributed by atoms with Gasteiger partial charge in [-0.3, -0.25) is 4.90 Å². The smallest absolute Gasteiger partial charge is 0.123 e. The number of hydrogen-bond donors (Lipinski definition) is 0. The Kier molecular flexibility index (Phi) is 3.65. The Morgan fingerprint density at radius 2 is 2.20 bits per heavy atom. The van der Waals surface area contributed by atoms with Crippen LogP contribution in [0.4, 0.5) is 4.39 Å². The van der Waals surface area contributed by atoms with Crippen molar-refractivity contribution < 1.29 is 4.39 Å². The van der Waals surface area contributed by atoms with Gasteiger partial charge in [0.15, 0.2) is 0 Å². The molecule has 15 heavy (non-hydrogen) atoms. The van der Waals surface area contributed by atoms with Crippen molar-refractivity contribution in [2.75, 3.05) is 18.4 Å². The van der Waals surface area contributed by atoms with E-state index in [1.165, 1.54) is 12.1 Å². The van der Waals surface area contributed by atoms with Gasteiger partial charge < -0.3 is 0 Å². The zero-order valence-corrected chi connectivity index (χ0v) is 10.6. The molecule has 2 rings (SSSR count). The number of halogens is 3. The summed E-state index contributed by atoms with van der Waals surface area (Å²) in [6, 6.07) is 4.53. The lowest BCUT2D eigenvalue weighted by atomic mass is 10.0. The first-order chi connectivity index (χ1) is 7.19. The first-order valence-corrected chi connectivity index (χ1v) is 6.41. The monoisotopic (exact) mass is 291 g/mol. The van der Waals surface area contributed by atoms with Crippen LogP contribution in [0.25, 0.3) is 0 Å². The second kappa shape index (κ2) is 4.81. The summed E-state index contributed by atoms with van der Waals surface area (Å²) in [5.41, 5.74) is 0.879. The number of alkyl halides is 1. The second-order valence-corrected chi connectivity index (χ2v) is 5.00. The minimum absolute atomic E-state index is 0.216. The Balaban J connectivity index is 1.97. The molecule has 0 N–H and O–H groups in total. The maximum atomic E-state index is 13.0. The summed E-state index contributed by atoms with van der Waals surface area (Å²) in [5.74, 6) is 0.518. The van der Waals surface area contributed by atoms with Crippen molar-refractivity contribution in [1.29, 1.82) is 0 Å². The van der Waals surface area contributed by atoms with Crippen LogP contribution in [0.5, 0.6) is 0 Å². The Labute approximate surface area is 102 Å². The average molecular weight is 293 g/mol.